The van der Waals surface area contributed by atoms with Gasteiger partial charge in [0.2, 0.25) is 0 Å². The number of para-hydroxylation sites is 2. The molecule has 0 atom stereocenters. The molecule has 0 saturated heterocycles. The average molecular weight is 259 g/mol. The molecule has 0 spiro atoms. The highest BCUT2D eigenvalue weighted by Crippen LogP contribution is 2.36. The molecule has 0 unspecified atom stereocenters. The fourth-order valence-corrected chi connectivity index (χ4v) is 1.89. The zero-order valence-corrected chi connectivity index (χ0v) is 10.2. The van der Waals surface area contributed by atoms with Crippen molar-refractivity contribution in [2.75, 3.05) is 0 Å². The van der Waals surface area contributed by atoms with Crippen LogP contribution < -0.4 is 0 Å². The number of hydrogen-bond acceptors (Lipinski definition) is 2. The van der Waals surface area contributed by atoms with Crippen molar-refractivity contribution in [1.82, 2.24) is 4.98 Å². The zero-order chi connectivity index (χ0) is 13.5. The van der Waals surface area contributed by atoms with Gasteiger partial charge in [-0.3, -0.25) is 0 Å². The van der Waals surface area contributed by atoms with Crippen molar-refractivity contribution in [3.8, 4) is 0 Å². The molecule has 0 aliphatic rings. The van der Waals surface area contributed by atoms with Crippen LogP contribution in [0.2, 0.25) is 0 Å². The molecule has 96 valence electrons. The predicted octanol–water partition coefficient (Wildman–Crippen LogP) is 4.28. The van der Waals surface area contributed by atoms with E-state index in [1.165, 1.54) is 12.1 Å². The van der Waals surface area contributed by atoms with Crippen LogP contribution in [0.1, 0.15) is 17.0 Å². The molecule has 0 saturated carbocycles. The molecule has 0 aliphatic carbocycles. The van der Waals surface area contributed by atoms with E-state index < -0.39 is 11.8 Å². The maximum atomic E-state index is 14.3. The number of hydrogen-bond donors (Lipinski definition) is 0. The van der Waals surface area contributed by atoms with E-state index in [1.54, 1.807) is 36.4 Å². The van der Waals surface area contributed by atoms with Gasteiger partial charge in [-0.2, -0.15) is 8.78 Å². The SMILES string of the molecule is Cc1ccc(C(F)(F)c2nc3ccccc3o2)cc1. The van der Waals surface area contributed by atoms with Gasteiger partial charge in [0, 0.05) is 5.56 Å². The molecule has 4 heteroatoms. The van der Waals surface area contributed by atoms with Crippen LogP contribution in [0.5, 0.6) is 0 Å². The van der Waals surface area contributed by atoms with E-state index in [2.05, 4.69) is 4.98 Å². The number of aromatic nitrogens is 1. The van der Waals surface area contributed by atoms with Gasteiger partial charge < -0.3 is 4.42 Å². The number of fused-ring (bicyclic) bond motifs is 1. The van der Waals surface area contributed by atoms with Crippen molar-refractivity contribution in [2.45, 2.75) is 12.8 Å². The largest absolute Gasteiger partial charge is 0.435 e. The lowest BCUT2D eigenvalue weighted by Gasteiger charge is -2.12. The molecular weight excluding hydrogens is 248 g/mol. The van der Waals surface area contributed by atoms with E-state index in [-0.39, 0.29) is 5.56 Å². The fraction of sp³-hybridized carbons (Fsp3) is 0.133. The second kappa shape index (κ2) is 4.16. The fourth-order valence-electron chi connectivity index (χ4n) is 1.89. The Kier molecular flexibility index (Phi) is 2.59. The first-order valence-electron chi connectivity index (χ1n) is 5.88. The lowest BCUT2D eigenvalue weighted by atomic mass is 10.1. The summed E-state index contributed by atoms with van der Waals surface area (Å²) in [6, 6.07) is 12.8. The number of rotatable bonds is 2. The van der Waals surface area contributed by atoms with Crippen LogP contribution >= 0.6 is 0 Å². The van der Waals surface area contributed by atoms with Gasteiger partial charge in [-0.25, -0.2) is 4.98 Å². The van der Waals surface area contributed by atoms with Gasteiger partial charge in [0.05, 0.1) is 0 Å². The molecular formula is C15H11F2NO. The van der Waals surface area contributed by atoms with Gasteiger partial charge in [0.25, 0.3) is 5.89 Å². The van der Waals surface area contributed by atoms with Crippen LogP contribution in [-0.4, -0.2) is 4.98 Å². The van der Waals surface area contributed by atoms with Crippen molar-refractivity contribution in [3.05, 3.63) is 65.5 Å². The molecule has 2 aromatic carbocycles. The first-order chi connectivity index (χ1) is 9.07. The Bertz CT molecular complexity index is 683. The summed E-state index contributed by atoms with van der Waals surface area (Å²) < 4.78 is 33.8. The molecule has 2 nitrogen and oxygen atoms in total. The van der Waals surface area contributed by atoms with Crippen molar-refractivity contribution >= 4 is 11.1 Å². The summed E-state index contributed by atoms with van der Waals surface area (Å²) in [4.78, 5) is 3.87. The normalized spacial score (nSPS) is 11.9. The lowest BCUT2D eigenvalue weighted by Crippen LogP contribution is -2.15. The Morgan fingerprint density at radius 3 is 2.37 bits per heavy atom. The van der Waals surface area contributed by atoms with Gasteiger partial charge in [-0.1, -0.05) is 42.0 Å². The Labute approximate surface area is 108 Å². The molecule has 0 aliphatic heterocycles. The molecule has 3 rings (SSSR count). The maximum Gasteiger partial charge on any atom is 0.347 e. The third-order valence-corrected chi connectivity index (χ3v) is 2.98. The summed E-state index contributed by atoms with van der Waals surface area (Å²) in [5, 5.41) is 0. The highest BCUT2D eigenvalue weighted by Gasteiger charge is 2.39. The summed E-state index contributed by atoms with van der Waals surface area (Å²) in [5.74, 6) is -3.80. The van der Waals surface area contributed by atoms with E-state index in [0.717, 1.165) is 5.56 Å². The van der Waals surface area contributed by atoms with Crippen LogP contribution in [0, 0.1) is 6.92 Å². The molecule has 1 heterocycles. The summed E-state index contributed by atoms with van der Waals surface area (Å²) in [6.45, 7) is 1.85. The van der Waals surface area contributed by atoms with Crippen LogP contribution in [0.3, 0.4) is 0 Å². The van der Waals surface area contributed by atoms with E-state index in [1.807, 2.05) is 6.92 Å². The Hall–Kier alpha value is -2.23. The number of alkyl halides is 2. The van der Waals surface area contributed by atoms with Gasteiger partial charge in [-0.15, -0.1) is 0 Å². The molecule has 0 N–H and O–H groups in total. The average Bonchev–Trinajstić information content (AvgIpc) is 2.83. The molecule has 3 aromatic rings. The quantitative estimate of drug-likeness (QED) is 0.686. The third-order valence-electron chi connectivity index (χ3n) is 2.98. The maximum absolute atomic E-state index is 14.3. The molecule has 0 radical (unpaired) electrons. The van der Waals surface area contributed by atoms with Crippen molar-refractivity contribution in [3.63, 3.8) is 0 Å². The number of aryl methyl sites for hydroxylation is 1. The Balaban J connectivity index is 2.10. The Morgan fingerprint density at radius 1 is 1.00 bits per heavy atom. The molecule has 0 fully saturated rings. The first-order valence-corrected chi connectivity index (χ1v) is 5.88. The molecule has 0 bridgehead atoms. The van der Waals surface area contributed by atoms with Crippen LogP contribution in [0.4, 0.5) is 8.78 Å². The summed E-state index contributed by atoms with van der Waals surface area (Å²) >= 11 is 0. The van der Waals surface area contributed by atoms with E-state index >= 15 is 0 Å². The minimum absolute atomic E-state index is 0.121. The highest BCUT2D eigenvalue weighted by atomic mass is 19.3. The van der Waals surface area contributed by atoms with Crippen LogP contribution in [0.15, 0.2) is 52.9 Å². The van der Waals surface area contributed by atoms with Gasteiger partial charge in [0.15, 0.2) is 5.58 Å². The monoisotopic (exact) mass is 259 g/mol. The second-order valence-electron chi connectivity index (χ2n) is 4.43. The van der Waals surface area contributed by atoms with E-state index in [4.69, 9.17) is 4.42 Å². The summed E-state index contributed by atoms with van der Waals surface area (Å²) in [6.07, 6.45) is 0. The summed E-state index contributed by atoms with van der Waals surface area (Å²) in [7, 11) is 0. The number of nitrogens with zero attached hydrogens (tertiary/aromatic N) is 1. The standard InChI is InChI=1S/C15H11F2NO/c1-10-6-8-11(9-7-10)15(16,17)14-18-12-4-2-3-5-13(12)19-14/h2-9H,1H3. The molecule has 0 amide bonds. The van der Waals surface area contributed by atoms with E-state index in [0.29, 0.717) is 11.1 Å². The topological polar surface area (TPSA) is 26.0 Å². The van der Waals surface area contributed by atoms with E-state index in [9.17, 15) is 8.78 Å². The summed E-state index contributed by atoms with van der Waals surface area (Å²) in [5.41, 5.74) is 1.61. The number of oxazole rings is 1. The Morgan fingerprint density at radius 2 is 1.68 bits per heavy atom. The van der Waals surface area contributed by atoms with Gasteiger partial charge in [0.1, 0.15) is 5.52 Å². The predicted molar refractivity (Wildman–Crippen MR) is 68.2 cm³/mol. The third kappa shape index (κ3) is 1.99. The lowest BCUT2D eigenvalue weighted by molar-refractivity contribution is 0.0148. The molecule has 1 aromatic heterocycles. The minimum atomic E-state index is -3.23. The molecule has 19 heavy (non-hydrogen) atoms. The number of halogens is 2. The van der Waals surface area contributed by atoms with Gasteiger partial charge >= 0.3 is 5.92 Å². The minimum Gasteiger partial charge on any atom is -0.435 e. The smallest absolute Gasteiger partial charge is 0.347 e. The number of benzene rings is 2. The highest BCUT2D eigenvalue weighted by molar-refractivity contribution is 5.72. The second-order valence-corrected chi connectivity index (χ2v) is 4.43. The van der Waals surface area contributed by atoms with Gasteiger partial charge in [-0.05, 0) is 19.1 Å². The zero-order valence-electron chi connectivity index (χ0n) is 10.2. The van der Waals surface area contributed by atoms with Crippen molar-refractivity contribution < 1.29 is 13.2 Å². The van der Waals surface area contributed by atoms with Crippen LogP contribution in [-0.2, 0) is 5.92 Å². The van der Waals surface area contributed by atoms with Crippen molar-refractivity contribution in [2.24, 2.45) is 0 Å². The van der Waals surface area contributed by atoms with Crippen molar-refractivity contribution in [1.29, 1.82) is 0 Å². The first kappa shape index (κ1) is 11.8. The van der Waals surface area contributed by atoms with Crippen LogP contribution in [0.25, 0.3) is 11.1 Å².